The van der Waals surface area contributed by atoms with Gasteiger partial charge in [-0.1, -0.05) is 53.2 Å². The van der Waals surface area contributed by atoms with E-state index >= 15 is 0 Å². The van der Waals surface area contributed by atoms with Crippen LogP contribution in [0.4, 0.5) is 0 Å². The van der Waals surface area contributed by atoms with Crippen LogP contribution in [0.5, 0.6) is 0 Å². The molecule has 4 heteroatoms. The lowest BCUT2D eigenvalue weighted by Gasteiger charge is -2.67. The number of hydrogen-bond acceptors (Lipinski definition) is 4. The second kappa shape index (κ2) is 8.36. The van der Waals surface area contributed by atoms with Crippen molar-refractivity contribution in [2.75, 3.05) is 0 Å². The summed E-state index contributed by atoms with van der Waals surface area (Å²) in [5, 5.41) is 24.1. The Kier molecular flexibility index (Phi) is 5.76. The molecule has 3 saturated carbocycles. The first-order valence-electron chi connectivity index (χ1n) is 14.7. The Morgan fingerprint density at radius 3 is 2.57 bits per heavy atom. The summed E-state index contributed by atoms with van der Waals surface area (Å²) in [6.07, 6.45) is 14.9. The summed E-state index contributed by atoms with van der Waals surface area (Å²) in [7, 11) is 0. The third-order valence-electron chi connectivity index (χ3n) is 12.7. The Balaban J connectivity index is 1.31. The van der Waals surface area contributed by atoms with Crippen LogP contribution in [0.25, 0.3) is 10.9 Å². The molecule has 0 aromatic carbocycles. The minimum Gasteiger partial charge on any atom is -0.393 e. The third-order valence-corrected chi connectivity index (χ3v) is 12.7. The number of aliphatic hydroxyl groups is 2. The molecule has 2 aromatic heterocycles. The Morgan fingerprint density at radius 1 is 1.00 bits per heavy atom. The van der Waals surface area contributed by atoms with E-state index < -0.39 is 0 Å². The van der Waals surface area contributed by atoms with Crippen LogP contribution in [-0.4, -0.2) is 32.4 Å². The molecule has 37 heavy (non-hydrogen) atoms. The predicted octanol–water partition coefficient (Wildman–Crippen LogP) is 6.75. The zero-order valence-corrected chi connectivity index (χ0v) is 23.7. The SMILES string of the molecule is C[C@H](Cc1cnc2cnccc2c1)[C@H]1CC[C@@]2(C)[C@@H]3CC=C4[C@@H](CC[C@H](O)C4(C)C)[C@]3(C)[C@H](O)C[C@]12C. The minimum atomic E-state index is -0.307. The lowest BCUT2D eigenvalue weighted by Crippen LogP contribution is -2.64. The number of pyridine rings is 2. The van der Waals surface area contributed by atoms with E-state index in [1.54, 1.807) is 0 Å². The zero-order chi connectivity index (χ0) is 26.4. The third kappa shape index (κ3) is 3.40. The summed E-state index contributed by atoms with van der Waals surface area (Å²) in [6.45, 7) is 14.4. The zero-order valence-electron chi connectivity index (χ0n) is 23.7. The van der Waals surface area contributed by atoms with Gasteiger partial charge in [-0.3, -0.25) is 9.97 Å². The number of hydrogen-bond donors (Lipinski definition) is 2. The summed E-state index contributed by atoms with van der Waals surface area (Å²) < 4.78 is 0. The van der Waals surface area contributed by atoms with Crippen molar-refractivity contribution in [3.05, 3.63) is 47.9 Å². The normalized spacial score (nSPS) is 43.5. The minimum absolute atomic E-state index is 0.110. The molecule has 9 atom stereocenters. The van der Waals surface area contributed by atoms with Crippen LogP contribution < -0.4 is 0 Å². The van der Waals surface area contributed by atoms with Crippen molar-refractivity contribution in [3.63, 3.8) is 0 Å². The van der Waals surface area contributed by atoms with E-state index in [0.29, 0.717) is 23.7 Å². The first-order chi connectivity index (χ1) is 17.4. The van der Waals surface area contributed by atoms with E-state index in [1.165, 1.54) is 24.0 Å². The molecule has 0 unspecified atom stereocenters. The average molecular weight is 503 g/mol. The number of aliphatic hydroxyl groups excluding tert-OH is 2. The van der Waals surface area contributed by atoms with Gasteiger partial charge in [-0.2, -0.15) is 0 Å². The fourth-order valence-electron chi connectivity index (χ4n) is 10.3. The summed E-state index contributed by atoms with van der Waals surface area (Å²) in [5.41, 5.74) is 3.67. The summed E-state index contributed by atoms with van der Waals surface area (Å²) >= 11 is 0. The highest BCUT2D eigenvalue weighted by Crippen LogP contribution is 2.74. The lowest BCUT2D eigenvalue weighted by atomic mass is 9.38. The number of allylic oxidation sites excluding steroid dienone is 1. The topological polar surface area (TPSA) is 66.2 Å². The van der Waals surface area contributed by atoms with Crippen LogP contribution in [0, 0.1) is 45.3 Å². The quantitative estimate of drug-likeness (QED) is 0.456. The lowest BCUT2D eigenvalue weighted by molar-refractivity contribution is -0.203. The predicted molar refractivity (Wildman–Crippen MR) is 149 cm³/mol. The van der Waals surface area contributed by atoms with Gasteiger partial charge in [-0.15, -0.1) is 0 Å². The second-order valence-electron chi connectivity index (χ2n) is 14.5. The van der Waals surface area contributed by atoms with Crippen molar-refractivity contribution in [1.82, 2.24) is 9.97 Å². The maximum absolute atomic E-state index is 12.1. The largest absolute Gasteiger partial charge is 0.393 e. The van der Waals surface area contributed by atoms with Gasteiger partial charge in [-0.25, -0.2) is 0 Å². The van der Waals surface area contributed by atoms with Crippen LogP contribution in [0.3, 0.4) is 0 Å². The van der Waals surface area contributed by atoms with Crippen LogP contribution in [-0.2, 0) is 6.42 Å². The molecule has 0 bridgehead atoms. The van der Waals surface area contributed by atoms with E-state index in [9.17, 15) is 10.2 Å². The van der Waals surface area contributed by atoms with Gasteiger partial charge in [-0.05, 0) is 97.1 Å². The van der Waals surface area contributed by atoms with Gasteiger partial charge in [0, 0.05) is 28.6 Å². The van der Waals surface area contributed by atoms with Gasteiger partial charge >= 0.3 is 0 Å². The van der Waals surface area contributed by atoms with Gasteiger partial charge in [0.25, 0.3) is 0 Å². The highest BCUT2D eigenvalue weighted by molar-refractivity contribution is 5.77. The molecule has 0 saturated heterocycles. The molecule has 0 radical (unpaired) electrons. The van der Waals surface area contributed by atoms with Crippen LogP contribution >= 0.6 is 0 Å². The molecule has 3 fully saturated rings. The molecule has 0 aliphatic heterocycles. The number of nitrogens with zero attached hydrogens (tertiary/aromatic N) is 2. The highest BCUT2D eigenvalue weighted by atomic mass is 16.3. The van der Waals surface area contributed by atoms with Crippen LogP contribution in [0.1, 0.15) is 85.6 Å². The van der Waals surface area contributed by atoms with E-state index in [4.69, 9.17) is 0 Å². The molecular weight excluding hydrogens is 456 g/mol. The van der Waals surface area contributed by atoms with Crippen molar-refractivity contribution in [2.24, 2.45) is 45.3 Å². The molecule has 4 nitrogen and oxygen atoms in total. The fraction of sp³-hybridized carbons (Fsp3) is 0.697. The monoisotopic (exact) mass is 502 g/mol. The molecular formula is C33H46N2O2. The van der Waals surface area contributed by atoms with Crippen molar-refractivity contribution < 1.29 is 10.2 Å². The molecule has 2 heterocycles. The van der Waals surface area contributed by atoms with Crippen LogP contribution in [0.2, 0.25) is 0 Å². The Hall–Kier alpha value is -1.78. The maximum Gasteiger partial charge on any atom is 0.0885 e. The van der Waals surface area contributed by atoms with Crippen molar-refractivity contribution >= 4 is 10.9 Å². The Morgan fingerprint density at radius 2 is 1.78 bits per heavy atom. The van der Waals surface area contributed by atoms with Crippen molar-refractivity contribution in [3.8, 4) is 0 Å². The van der Waals surface area contributed by atoms with E-state index in [1.807, 2.05) is 18.6 Å². The van der Waals surface area contributed by atoms with Gasteiger partial charge in [0.2, 0.25) is 0 Å². The molecule has 0 spiro atoms. The van der Waals surface area contributed by atoms with E-state index in [-0.39, 0.29) is 33.9 Å². The first kappa shape index (κ1) is 25.5. The van der Waals surface area contributed by atoms with Gasteiger partial charge in [0.15, 0.2) is 0 Å². The average Bonchev–Trinajstić information content (AvgIpc) is 3.12. The molecule has 4 aliphatic rings. The number of fused-ring (bicyclic) bond motifs is 6. The smallest absolute Gasteiger partial charge is 0.0885 e. The summed E-state index contributed by atoms with van der Waals surface area (Å²) in [4.78, 5) is 8.89. The first-order valence-corrected chi connectivity index (χ1v) is 14.7. The number of aromatic nitrogens is 2. The number of rotatable bonds is 3. The summed E-state index contributed by atoms with van der Waals surface area (Å²) in [6, 6.07) is 4.34. The van der Waals surface area contributed by atoms with Gasteiger partial charge in [0.1, 0.15) is 0 Å². The Labute approximate surface area is 223 Å². The second-order valence-corrected chi connectivity index (χ2v) is 14.5. The van der Waals surface area contributed by atoms with Crippen molar-refractivity contribution in [1.29, 1.82) is 0 Å². The van der Waals surface area contributed by atoms with Crippen molar-refractivity contribution in [2.45, 2.75) is 98.7 Å². The molecule has 2 N–H and O–H groups in total. The fourth-order valence-corrected chi connectivity index (χ4v) is 10.3. The molecule has 200 valence electrons. The Bertz CT molecular complexity index is 1240. The van der Waals surface area contributed by atoms with E-state index in [2.05, 4.69) is 69.7 Å². The standard InChI is InChI=1S/C33H46N2O2/c1-20(15-21-16-22-12-14-34-19-26(22)35-18-21)23-11-13-31(4)27-9-7-24-25(8-10-28(36)30(24,2)3)33(27,6)29(37)17-32(23,31)5/h7,12,14,16,18-20,23,25,27-29,36-37H,8-11,13,15,17H2,1-6H3/t20-,23-,25-,27+,28+,29-,31+,32-,33+/m1/s1. The molecule has 2 aromatic rings. The molecule has 6 rings (SSSR count). The molecule has 0 amide bonds. The summed E-state index contributed by atoms with van der Waals surface area (Å²) in [5.74, 6) is 1.96. The van der Waals surface area contributed by atoms with E-state index in [0.717, 1.165) is 43.0 Å². The molecule has 4 aliphatic carbocycles. The van der Waals surface area contributed by atoms with Gasteiger partial charge in [0.05, 0.1) is 23.9 Å². The highest BCUT2D eigenvalue weighted by Gasteiger charge is 2.70. The van der Waals surface area contributed by atoms with Crippen LogP contribution in [0.15, 0.2) is 42.4 Å². The van der Waals surface area contributed by atoms with Gasteiger partial charge < -0.3 is 10.2 Å². The maximum atomic E-state index is 12.1.